The summed E-state index contributed by atoms with van der Waals surface area (Å²) in [5.74, 6) is -2.30. The second-order valence-electron chi connectivity index (χ2n) is 27.3. The number of likely N-dealkylation sites (N-methyl/N-ethyl adjacent to an activating group) is 1. The molecule has 0 aliphatic rings. The van der Waals surface area contributed by atoms with Crippen LogP contribution in [0, 0.1) is 0 Å². The zero-order valence-corrected chi connectivity index (χ0v) is 62.3. The number of quaternary nitrogens is 1. The third-order valence-corrected chi connectivity index (χ3v) is 16.9. The third-order valence-electron chi connectivity index (χ3n) is 16.9. The van der Waals surface area contributed by atoms with Gasteiger partial charge in [0.2, 0.25) is 0 Å². The van der Waals surface area contributed by atoms with Gasteiger partial charge in [0.15, 0.2) is 12.4 Å². The molecule has 0 aliphatic carbocycles. The summed E-state index contributed by atoms with van der Waals surface area (Å²) >= 11 is 0. The van der Waals surface area contributed by atoms with Gasteiger partial charge in [-0.15, -0.1) is 0 Å². The van der Waals surface area contributed by atoms with Crippen LogP contribution in [0.3, 0.4) is 0 Å². The highest BCUT2D eigenvalue weighted by atomic mass is 16.7. The first-order valence-electron chi connectivity index (χ1n) is 39.3. The molecule has 0 saturated carbocycles. The van der Waals surface area contributed by atoms with E-state index in [0.29, 0.717) is 17.4 Å². The second kappa shape index (κ2) is 75.2. The fourth-order valence-electron chi connectivity index (χ4n) is 11.0. The Morgan fingerprint density at radius 3 is 0.895 bits per heavy atom. The number of hydrogen-bond acceptors (Lipinski definition) is 8. The minimum atomic E-state index is -1.64. The van der Waals surface area contributed by atoms with Crippen LogP contribution in [0.25, 0.3) is 0 Å². The summed E-state index contributed by atoms with van der Waals surface area (Å²) < 4.78 is 22.8. The molecule has 0 saturated heterocycles. The van der Waals surface area contributed by atoms with Crippen LogP contribution in [0.1, 0.15) is 335 Å². The van der Waals surface area contributed by atoms with Gasteiger partial charge in [0.25, 0.3) is 0 Å². The van der Waals surface area contributed by atoms with E-state index in [1.165, 1.54) is 180 Å². The maximum atomic E-state index is 13.0. The molecule has 2 atom stereocenters. The maximum absolute atomic E-state index is 13.0. The Labute approximate surface area is 586 Å². The van der Waals surface area contributed by atoms with Crippen molar-refractivity contribution in [2.24, 2.45) is 0 Å². The highest BCUT2D eigenvalue weighted by Crippen LogP contribution is 2.18. The van der Waals surface area contributed by atoms with Gasteiger partial charge in [-0.25, -0.2) is 0 Å². The van der Waals surface area contributed by atoms with E-state index in [-0.39, 0.29) is 38.6 Å². The van der Waals surface area contributed by atoms with Crippen molar-refractivity contribution in [2.75, 3.05) is 47.5 Å². The van der Waals surface area contributed by atoms with Crippen molar-refractivity contribution < 1.29 is 42.9 Å². The first-order valence-corrected chi connectivity index (χ1v) is 39.3. The maximum Gasteiger partial charge on any atom is 0.306 e. The number of esters is 2. The Hall–Kier alpha value is -4.57. The van der Waals surface area contributed by atoms with Crippen molar-refractivity contribution in [3.8, 4) is 0 Å². The van der Waals surface area contributed by atoms with Crippen molar-refractivity contribution in [2.45, 2.75) is 347 Å². The molecule has 2 unspecified atom stereocenters. The lowest BCUT2D eigenvalue weighted by molar-refractivity contribution is -0.870. The average molecular weight is 1320 g/mol. The zero-order chi connectivity index (χ0) is 69.0. The molecule has 0 aromatic rings. The van der Waals surface area contributed by atoms with Crippen molar-refractivity contribution in [1.82, 2.24) is 0 Å². The molecule has 0 rings (SSSR count). The molecule has 0 radical (unpaired) electrons. The second-order valence-corrected chi connectivity index (χ2v) is 27.3. The lowest BCUT2D eigenvalue weighted by Crippen LogP contribution is -2.44. The summed E-state index contributed by atoms with van der Waals surface area (Å²) in [4.78, 5) is 37.6. The number of aliphatic carboxylic acids is 1. The normalized spacial score (nSPS) is 13.4. The first-order chi connectivity index (χ1) is 46.6. The Bertz CT molecular complexity index is 2030. The number of allylic oxidation sites excluding steroid dienone is 22. The molecular weight excluding hydrogens is 1170 g/mol. The Balaban J connectivity index is 4.14. The molecule has 9 heteroatoms. The van der Waals surface area contributed by atoms with Crippen LogP contribution in [0.2, 0.25) is 0 Å². The molecule has 0 spiro atoms. The summed E-state index contributed by atoms with van der Waals surface area (Å²) in [6, 6.07) is 0. The Morgan fingerprint density at radius 1 is 0.326 bits per heavy atom. The molecule has 0 aliphatic heterocycles. The number of carboxylic acid groups (broad SMARTS) is 1. The number of carbonyl (C=O) groups excluding carboxylic acids is 3. The highest BCUT2D eigenvalue weighted by Gasteiger charge is 2.22. The molecule has 95 heavy (non-hydrogen) atoms. The van der Waals surface area contributed by atoms with E-state index in [4.69, 9.17) is 18.9 Å². The van der Waals surface area contributed by atoms with Crippen LogP contribution < -0.4 is 5.11 Å². The van der Waals surface area contributed by atoms with Gasteiger partial charge in [0.1, 0.15) is 13.2 Å². The minimum absolute atomic E-state index is 0.139. The van der Waals surface area contributed by atoms with E-state index in [9.17, 15) is 19.5 Å². The van der Waals surface area contributed by atoms with E-state index in [2.05, 4.69) is 148 Å². The standard InChI is InChI=1S/C86H147NO8/c1-6-8-10-12-14-16-18-20-22-24-26-28-30-32-34-36-38-39-40-41-42-43-44-45-47-49-51-53-55-57-59-61-63-65-67-69-71-73-75-77-84(89)95-82(81-94-86(85(90)91)92-79-78-87(3,4)5)80-93-83(88)76-74-72-70-68-66-64-62-60-58-56-54-52-50-48-46-37-35-33-31-29-27-25-23-21-19-17-15-13-11-9-7-2/h8,10,14,16,20,22,26,28,32,34,38-39,41-42,44-45,49,51,55,57,61,63,82,86H,6-7,9,11-13,15,17-19,21,23-25,27,29-31,33,35-37,40,43,46-48,50,52-54,56,58-60,62,64-81H2,1-5H3/b10-8-,16-14-,22-20-,28-26-,34-32-,39-38-,42-41-,45-44-,51-49-,57-55-,63-61-. The minimum Gasteiger partial charge on any atom is -0.545 e. The topological polar surface area (TPSA) is 111 Å². The Kier molecular flexibility index (Phi) is 71.6. The van der Waals surface area contributed by atoms with Crippen molar-refractivity contribution in [3.05, 3.63) is 134 Å². The van der Waals surface area contributed by atoms with Gasteiger partial charge >= 0.3 is 11.9 Å². The number of nitrogens with zero attached hydrogens (tertiary/aromatic N) is 1. The molecule has 0 aromatic heterocycles. The quantitative estimate of drug-likeness (QED) is 0.0195. The van der Waals surface area contributed by atoms with Gasteiger partial charge in [0, 0.05) is 12.8 Å². The van der Waals surface area contributed by atoms with Crippen molar-refractivity contribution in [3.63, 3.8) is 0 Å². The molecule has 9 nitrogen and oxygen atoms in total. The molecule has 0 amide bonds. The van der Waals surface area contributed by atoms with E-state index < -0.39 is 24.3 Å². The third kappa shape index (κ3) is 76.7. The van der Waals surface area contributed by atoms with Crippen LogP contribution in [-0.2, 0) is 33.3 Å². The summed E-state index contributed by atoms with van der Waals surface area (Å²) in [6.07, 6.45) is 106. The lowest BCUT2D eigenvalue weighted by Gasteiger charge is -2.26. The summed E-state index contributed by atoms with van der Waals surface area (Å²) in [5.41, 5.74) is 0. The van der Waals surface area contributed by atoms with Crippen molar-refractivity contribution >= 4 is 17.9 Å². The van der Waals surface area contributed by atoms with Gasteiger partial charge in [-0.1, -0.05) is 359 Å². The first kappa shape index (κ1) is 90.4. The largest absolute Gasteiger partial charge is 0.545 e. The van der Waals surface area contributed by atoms with Gasteiger partial charge in [0.05, 0.1) is 40.3 Å². The number of carboxylic acids is 1. The van der Waals surface area contributed by atoms with Crippen LogP contribution in [0.5, 0.6) is 0 Å². The van der Waals surface area contributed by atoms with Crippen LogP contribution >= 0.6 is 0 Å². The molecule has 0 heterocycles. The summed E-state index contributed by atoms with van der Waals surface area (Å²) in [5, 5.41) is 11.9. The number of hydrogen-bond donors (Lipinski definition) is 0. The van der Waals surface area contributed by atoms with Crippen molar-refractivity contribution in [1.29, 1.82) is 0 Å². The van der Waals surface area contributed by atoms with Crippen LogP contribution in [0.4, 0.5) is 0 Å². The lowest BCUT2D eigenvalue weighted by atomic mass is 10.0. The van der Waals surface area contributed by atoms with Gasteiger partial charge in [-0.2, -0.15) is 0 Å². The fourth-order valence-corrected chi connectivity index (χ4v) is 11.0. The molecule has 0 bridgehead atoms. The Morgan fingerprint density at radius 2 is 0.600 bits per heavy atom. The highest BCUT2D eigenvalue weighted by molar-refractivity contribution is 5.70. The van der Waals surface area contributed by atoms with Crippen LogP contribution in [0.15, 0.2) is 134 Å². The molecular formula is C86H147NO8. The average Bonchev–Trinajstić information content (AvgIpc) is 2.92. The number of rotatable bonds is 72. The monoisotopic (exact) mass is 1320 g/mol. The van der Waals surface area contributed by atoms with Gasteiger partial charge in [-0.05, 0) is 96.3 Å². The molecule has 0 N–H and O–H groups in total. The fraction of sp³-hybridized carbons (Fsp3) is 0.709. The summed E-state index contributed by atoms with van der Waals surface area (Å²) in [7, 11) is 5.93. The predicted octanol–water partition coefficient (Wildman–Crippen LogP) is 23.9. The van der Waals surface area contributed by atoms with E-state index in [0.717, 1.165) is 122 Å². The SMILES string of the molecule is CC/C=C\C/C=C\C/C=C\C/C=C\C/C=C\C/C=C\C/C=C\C/C=C\C/C=C\C/C=C\C/C=C\CCCCCCCC(=O)OC(COC(=O)CCCCCCCCCCCCCCCCCCCCCCCCCCCCCCCCC)COC(OCC[N+](C)(C)C)C(=O)[O-]. The van der Waals surface area contributed by atoms with Crippen LogP contribution in [-0.4, -0.2) is 82.3 Å². The number of carbonyl (C=O) groups is 3. The van der Waals surface area contributed by atoms with E-state index in [1.54, 1.807) is 0 Å². The number of unbranched alkanes of at least 4 members (excludes halogenated alkanes) is 35. The van der Waals surface area contributed by atoms with E-state index >= 15 is 0 Å². The molecule has 0 aromatic carbocycles. The van der Waals surface area contributed by atoms with E-state index in [1.807, 2.05) is 21.1 Å². The van der Waals surface area contributed by atoms with Gasteiger partial charge < -0.3 is 33.3 Å². The smallest absolute Gasteiger partial charge is 0.306 e. The van der Waals surface area contributed by atoms with Gasteiger partial charge in [-0.3, -0.25) is 9.59 Å². The number of ether oxygens (including phenoxy) is 4. The zero-order valence-electron chi connectivity index (χ0n) is 62.3. The molecule has 0 fully saturated rings. The summed E-state index contributed by atoms with van der Waals surface area (Å²) in [6.45, 7) is 4.64. The predicted molar refractivity (Wildman–Crippen MR) is 407 cm³/mol. The molecule has 544 valence electrons.